The quantitative estimate of drug-likeness (QED) is 0.0125. The summed E-state index contributed by atoms with van der Waals surface area (Å²) in [6.45, 7) is 15.0. The second kappa shape index (κ2) is 32.5. The van der Waals surface area contributed by atoms with Gasteiger partial charge in [-0.05, 0) is 147 Å². The first kappa shape index (κ1) is 82.7. The van der Waals surface area contributed by atoms with Crippen LogP contribution in [0.5, 0.6) is 0 Å². The maximum absolute atomic E-state index is 16.1. The lowest BCUT2D eigenvalue weighted by atomic mass is 9.44. The highest BCUT2D eigenvalue weighted by Crippen LogP contribution is 2.64. The number of nitrogen functional groups attached to an aromatic ring is 1. The fraction of sp³-hybridized carbons (Fsp3) is 0.400. The molecule has 7 aromatic rings. The largest absolute Gasteiger partial charge is 0.481 e. The molecule has 113 heavy (non-hydrogen) atoms. The van der Waals surface area contributed by atoms with Crippen LogP contribution >= 0.6 is 0 Å². The number of carboxylic acid groups (broad SMARTS) is 2. The number of nitrogens with one attached hydrogen (secondary N) is 5. The number of fused-ring (bicyclic) bond motifs is 6. The van der Waals surface area contributed by atoms with Crippen LogP contribution < -0.4 is 42.9 Å². The van der Waals surface area contributed by atoms with Gasteiger partial charge in [0.1, 0.15) is 30.0 Å². The zero-order valence-electron chi connectivity index (χ0n) is 63.9. The monoisotopic (exact) mass is 1590 g/mol. The highest BCUT2D eigenvalue weighted by atomic mass is 28.4. The fourth-order valence-electron chi connectivity index (χ4n) is 16.2. The van der Waals surface area contributed by atoms with E-state index in [0.29, 0.717) is 28.3 Å². The normalized spacial score (nSPS) is 23.9. The summed E-state index contributed by atoms with van der Waals surface area (Å²) < 4.78 is 38.5. The minimum atomic E-state index is -3.20. The summed E-state index contributed by atoms with van der Waals surface area (Å²) in [5, 5.41) is 71.6. The summed E-state index contributed by atoms with van der Waals surface area (Å²) in [6, 6.07) is 34.2. The van der Waals surface area contributed by atoms with Crippen molar-refractivity contribution in [2.45, 2.75) is 179 Å². The Labute approximate surface area is 651 Å². The molecular formula is C80H91N9O22Si2. The molecule has 4 aliphatic rings. The number of anilines is 3. The number of hydrogen-bond acceptors (Lipinski definition) is 25. The van der Waals surface area contributed by atoms with Crippen molar-refractivity contribution in [2.24, 2.45) is 16.7 Å². The third-order valence-electron chi connectivity index (χ3n) is 22.5. The van der Waals surface area contributed by atoms with Gasteiger partial charge in [0.25, 0.3) is 17.4 Å². The molecule has 596 valence electrons. The molecule has 2 unspecified atom stereocenters. The van der Waals surface area contributed by atoms with Gasteiger partial charge in [0.05, 0.1) is 53.6 Å². The van der Waals surface area contributed by atoms with Crippen LogP contribution in [0.1, 0.15) is 129 Å². The molecule has 2 aromatic heterocycles. The van der Waals surface area contributed by atoms with Gasteiger partial charge in [0.2, 0.25) is 28.5 Å². The molecule has 12 N–H and O–H groups in total. The lowest BCUT2D eigenvalue weighted by Crippen LogP contribution is -2.82. The van der Waals surface area contributed by atoms with Crippen molar-refractivity contribution in [3.8, 4) is 0 Å². The molecule has 3 fully saturated rings. The van der Waals surface area contributed by atoms with Crippen LogP contribution in [0.25, 0.3) is 11.2 Å². The van der Waals surface area contributed by atoms with Crippen molar-refractivity contribution in [3.63, 3.8) is 0 Å². The number of carboxylic acids is 2. The molecule has 1 aliphatic heterocycles. The minimum Gasteiger partial charge on any atom is -0.481 e. The van der Waals surface area contributed by atoms with E-state index in [4.69, 9.17) is 33.5 Å². The Morgan fingerprint density at radius 1 is 0.770 bits per heavy atom. The van der Waals surface area contributed by atoms with E-state index in [1.54, 1.807) is 97.1 Å². The number of ketones is 1. The Hall–Kier alpha value is -11.2. The second-order valence-corrected chi connectivity index (χ2v) is 38.7. The Kier molecular flexibility index (Phi) is 23.8. The van der Waals surface area contributed by atoms with Crippen LogP contribution in [-0.4, -0.2) is 182 Å². The van der Waals surface area contributed by atoms with E-state index in [1.165, 1.54) is 77.2 Å². The first-order valence-corrected chi connectivity index (χ1v) is 42.3. The fourth-order valence-corrected chi connectivity index (χ4v) is 25.1. The molecule has 11 rings (SSSR count). The molecule has 0 spiro atoms. The van der Waals surface area contributed by atoms with Crippen molar-refractivity contribution in [1.82, 2.24) is 30.6 Å². The number of aliphatic hydroxyl groups is 3. The van der Waals surface area contributed by atoms with Crippen LogP contribution in [0, 0.1) is 16.7 Å². The Bertz CT molecular complexity index is 4960. The molecule has 1 saturated heterocycles. The van der Waals surface area contributed by atoms with Gasteiger partial charge >= 0.3 is 35.8 Å². The molecule has 0 radical (unpaired) electrons. The van der Waals surface area contributed by atoms with Crippen molar-refractivity contribution >= 4 is 115 Å². The van der Waals surface area contributed by atoms with E-state index in [0.717, 1.165) is 19.0 Å². The minimum absolute atomic E-state index is 0.00337. The third kappa shape index (κ3) is 16.7. The second-order valence-electron chi connectivity index (χ2n) is 30.7. The number of amides is 3. The number of aliphatic hydroxyl groups excluding tert-OH is 2. The molecule has 3 aliphatic carbocycles. The Balaban J connectivity index is 0.823. The summed E-state index contributed by atoms with van der Waals surface area (Å²) in [5.74, 6) is -11.3. The van der Waals surface area contributed by atoms with Gasteiger partial charge in [-0.3, -0.25) is 43.3 Å². The Morgan fingerprint density at radius 2 is 1.39 bits per heavy atom. The van der Waals surface area contributed by atoms with Crippen molar-refractivity contribution in [1.29, 1.82) is 0 Å². The van der Waals surface area contributed by atoms with E-state index < -0.39 is 171 Å². The van der Waals surface area contributed by atoms with Crippen molar-refractivity contribution in [2.75, 3.05) is 23.0 Å². The van der Waals surface area contributed by atoms with Crippen LogP contribution in [-0.2, 0) is 73.4 Å². The van der Waals surface area contributed by atoms with Crippen LogP contribution in [0.4, 0.5) is 17.3 Å². The molecule has 3 amide bonds. The number of esters is 4. The van der Waals surface area contributed by atoms with Crippen LogP contribution in [0.15, 0.2) is 156 Å². The predicted molar refractivity (Wildman–Crippen MR) is 413 cm³/mol. The predicted octanol–water partition coefficient (Wildman–Crippen LogP) is 5.51. The average Bonchev–Trinajstić information content (AvgIpc) is 0.667. The number of nitrogens with two attached hydrogens (primary N) is 1. The highest BCUT2D eigenvalue weighted by molar-refractivity contribution is 6.97. The van der Waals surface area contributed by atoms with E-state index >= 15 is 9.59 Å². The molecule has 3 heterocycles. The lowest BCUT2D eigenvalue weighted by Gasteiger charge is -2.67. The van der Waals surface area contributed by atoms with E-state index in [2.05, 4.69) is 41.2 Å². The van der Waals surface area contributed by atoms with Crippen LogP contribution in [0.2, 0.25) is 25.7 Å². The summed E-state index contributed by atoms with van der Waals surface area (Å²) in [5.41, 5.74) is -3.52. The van der Waals surface area contributed by atoms with Gasteiger partial charge in [0.15, 0.2) is 34.8 Å². The summed E-state index contributed by atoms with van der Waals surface area (Å²) in [4.78, 5) is 166. The first-order valence-electron chi connectivity index (χ1n) is 36.7. The van der Waals surface area contributed by atoms with Gasteiger partial charge in [0, 0.05) is 67.4 Å². The number of H-pyrrole nitrogens is 1. The SMILES string of the molecule is CC(=O)O[C@H]1C(=O)[C@@]2(C)[C@H]([C@H](OC(=O)c3ccc([Si](C)(C)O[Si](C)(CCCC(=O)O)c4ccc(NC(=O)CC[C@H](NC(=O)c5ccc(NCc6cnc7nc(N)[nH]c(=O)c7n6)cc5)C(=O)O)cc4)cc3)[C@]3(O)C[C@H](OC(=O)[C@H](O)C(C)(NC(=O)c4ccccc4)c4ccccc4)C(C)=C1C3(C)C)[C@]1(OC(C)=O)CO[C@@H]1C[C@@H]2O. The first-order chi connectivity index (χ1) is 53.2. The average molecular weight is 1590 g/mol. The summed E-state index contributed by atoms with van der Waals surface area (Å²) >= 11 is 0. The number of carbonyl (C=O) groups is 10. The molecule has 2 bridgehead atoms. The number of aliphatic carboxylic acids is 2. The summed E-state index contributed by atoms with van der Waals surface area (Å²) in [7, 11) is -6.35. The number of aromatic amines is 1. The summed E-state index contributed by atoms with van der Waals surface area (Å²) in [6.07, 6.45) is -10.8. The molecular weight excluding hydrogens is 1500 g/mol. The standard InChI is InChI=1S/C80H91N9O22Si2/c1-43-56(108-74(104)66(97)78(7,49-20-15-12-16-21-49)89-70(99)46-18-13-11-14-19-46)39-80(105)67(64-77(6,57(92)38-58-79(64,42-106-58)110-45(3)91)65(96)63(107-44(2)90)61(43)76(80,4)5)109-73(103)48-25-31-53(32-26-48)112(8,9)111-113(10,37-17-22-60(94)95)54-33-29-51(30-34-54)84-59(93)36-35-55(72(101)102)86-69(98)47-23-27-50(28-24-47)82-40-52-41-83-68-62(85-52)71(100)88-75(81)87-68/h11-16,18-21,23-34,41,55-58,63-64,66-67,82,92,97,105H,17,22,35-40,42H2,1-10H3,(H,84,93)(H,86,98)(H,89,99)(H,94,95)(H,101,102)(H3,81,83,87,88,100)/t55-,56-,57-,58+,63+,64-,66-,67-,77+,78?,79-,80+,113?/m0/s1. The smallest absolute Gasteiger partial charge is 0.338 e. The third-order valence-corrected chi connectivity index (χ3v) is 30.9. The molecule has 31 nitrogen and oxygen atoms in total. The molecule has 5 aromatic carbocycles. The zero-order valence-corrected chi connectivity index (χ0v) is 65.9. The van der Waals surface area contributed by atoms with Crippen LogP contribution in [0.3, 0.4) is 0 Å². The number of hydrogen-bond donors (Lipinski definition) is 11. The number of carbonyl (C=O) groups excluding carboxylic acids is 8. The van der Waals surface area contributed by atoms with E-state index in [1.807, 2.05) is 19.6 Å². The number of rotatable bonds is 28. The van der Waals surface area contributed by atoms with Gasteiger partial charge in [-0.25, -0.2) is 24.4 Å². The molecule has 2 saturated carbocycles. The van der Waals surface area contributed by atoms with Gasteiger partial charge < -0.3 is 80.3 Å². The van der Waals surface area contributed by atoms with Gasteiger partial charge in [-0.15, -0.1) is 0 Å². The maximum Gasteiger partial charge on any atom is 0.338 e. The maximum atomic E-state index is 16.1. The number of nitrogens with zero attached hydrogens (tertiary/aromatic N) is 3. The van der Waals surface area contributed by atoms with Crippen molar-refractivity contribution < 1.29 is 101 Å². The zero-order chi connectivity index (χ0) is 82.1. The number of ether oxygens (including phenoxy) is 5. The topological polar surface area (TPSA) is 473 Å². The molecule has 33 heteroatoms. The number of Topliss-reactive ketones (excluding diaryl/α,β-unsaturated/α-hetero) is 1. The highest BCUT2D eigenvalue weighted by Gasteiger charge is 2.78. The van der Waals surface area contributed by atoms with E-state index in [-0.39, 0.29) is 89.2 Å². The number of benzene rings is 5. The number of aromatic nitrogens is 4. The molecule has 13 atom stereocenters. The van der Waals surface area contributed by atoms with E-state index in [9.17, 15) is 68.7 Å². The van der Waals surface area contributed by atoms with Crippen molar-refractivity contribution in [3.05, 3.63) is 189 Å². The lowest BCUT2D eigenvalue weighted by molar-refractivity contribution is -0.346. The van der Waals surface area contributed by atoms with Gasteiger partial charge in [-0.1, -0.05) is 86.6 Å². The Morgan fingerprint density at radius 3 is 2.00 bits per heavy atom. The van der Waals surface area contributed by atoms with Gasteiger partial charge in [-0.2, -0.15) is 4.98 Å².